The summed E-state index contributed by atoms with van der Waals surface area (Å²) in [6.07, 6.45) is 0. The zero-order chi connectivity index (χ0) is 16.8. The Morgan fingerprint density at radius 1 is 1.08 bits per heavy atom. The third-order valence-corrected chi connectivity index (χ3v) is 3.38. The van der Waals surface area contributed by atoms with Gasteiger partial charge in [-0.1, -0.05) is 47.6 Å². The van der Waals surface area contributed by atoms with Crippen molar-refractivity contribution < 1.29 is 18.8 Å². The van der Waals surface area contributed by atoms with Gasteiger partial charge in [0.25, 0.3) is 0 Å². The van der Waals surface area contributed by atoms with Crippen LogP contribution in [0.4, 0.5) is 0 Å². The number of hydrogen-bond donors (Lipinski definition) is 0. The van der Waals surface area contributed by atoms with Crippen molar-refractivity contribution in [3.05, 3.63) is 71.9 Å². The van der Waals surface area contributed by atoms with E-state index in [0.717, 1.165) is 5.56 Å². The number of benzene rings is 2. The number of rotatable bonds is 6. The second-order valence-electron chi connectivity index (χ2n) is 5.05. The Kier molecular flexibility index (Phi) is 4.91. The molecule has 5 heteroatoms. The molecule has 0 amide bonds. The third kappa shape index (κ3) is 3.63. The summed E-state index contributed by atoms with van der Waals surface area (Å²) in [5.41, 5.74) is 1.87. The first-order chi connectivity index (χ1) is 11.8. The van der Waals surface area contributed by atoms with Gasteiger partial charge in [0.1, 0.15) is 23.6 Å². The van der Waals surface area contributed by atoms with Crippen LogP contribution in [0.2, 0.25) is 0 Å². The van der Waals surface area contributed by atoms with Crippen molar-refractivity contribution >= 4 is 5.97 Å². The van der Waals surface area contributed by atoms with E-state index < -0.39 is 5.97 Å². The molecule has 0 aliphatic rings. The van der Waals surface area contributed by atoms with Gasteiger partial charge in [-0.15, -0.1) is 0 Å². The molecule has 24 heavy (non-hydrogen) atoms. The lowest BCUT2D eigenvalue weighted by Gasteiger charge is -2.08. The molecule has 0 N–H and O–H groups in total. The van der Waals surface area contributed by atoms with Crippen LogP contribution in [-0.2, 0) is 11.3 Å². The number of ether oxygens (including phenoxy) is 2. The molecule has 0 aliphatic carbocycles. The summed E-state index contributed by atoms with van der Waals surface area (Å²) in [5, 5.41) is 3.93. The van der Waals surface area contributed by atoms with Crippen molar-refractivity contribution in [2.75, 3.05) is 6.61 Å². The minimum atomic E-state index is -0.455. The molecule has 0 bridgehead atoms. The Balaban J connectivity index is 1.66. The van der Waals surface area contributed by atoms with E-state index in [1.165, 1.54) is 0 Å². The van der Waals surface area contributed by atoms with E-state index >= 15 is 0 Å². The molecule has 5 nitrogen and oxygen atoms in total. The lowest BCUT2D eigenvalue weighted by Crippen LogP contribution is -2.08. The average molecular weight is 323 g/mol. The lowest BCUT2D eigenvalue weighted by molar-refractivity contribution is 0.0460. The largest absolute Gasteiger partial charge is 0.493 e. The maximum atomic E-state index is 12.2. The van der Waals surface area contributed by atoms with Crippen LogP contribution in [0.3, 0.4) is 0 Å². The first-order valence-corrected chi connectivity index (χ1v) is 7.68. The van der Waals surface area contributed by atoms with E-state index in [1.54, 1.807) is 24.3 Å². The van der Waals surface area contributed by atoms with Gasteiger partial charge in [0.05, 0.1) is 6.61 Å². The van der Waals surface area contributed by atoms with Gasteiger partial charge >= 0.3 is 5.97 Å². The summed E-state index contributed by atoms with van der Waals surface area (Å²) in [6, 6.07) is 18.4. The fraction of sp³-hybridized carbons (Fsp3) is 0.158. The maximum Gasteiger partial charge on any atom is 0.342 e. The smallest absolute Gasteiger partial charge is 0.342 e. The molecule has 0 spiro atoms. The van der Waals surface area contributed by atoms with Gasteiger partial charge in [0.15, 0.2) is 5.76 Å². The monoisotopic (exact) mass is 323 g/mol. The van der Waals surface area contributed by atoms with Crippen molar-refractivity contribution in [2.45, 2.75) is 13.5 Å². The second-order valence-corrected chi connectivity index (χ2v) is 5.05. The predicted octanol–water partition coefficient (Wildman–Crippen LogP) is 4.10. The topological polar surface area (TPSA) is 61.6 Å². The molecule has 0 unspecified atom stereocenters. The first kappa shape index (κ1) is 15.8. The Morgan fingerprint density at radius 2 is 1.83 bits per heavy atom. The predicted molar refractivity (Wildman–Crippen MR) is 88.7 cm³/mol. The summed E-state index contributed by atoms with van der Waals surface area (Å²) >= 11 is 0. The Hall–Kier alpha value is -3.08. The molecule has 3 rings (SSSR count). The summed E-state index contributed by atoms with van der Waals surface area (Å²) in [4.78, 5) is 12.2. The van der Waals surface area contributed by atoms with Crippen LogP contribution in [0.1, 0.15) is 23.0 Å². The molecule has 2 aromatic carbocycles. The summed E-state index contributed by atoms with van der Waals surface area (Å²) in [6.45, 7) is 2.38. The summed E-state index contributed by atoms with van der Waals surface area (Å²) in [5.74, 6) is 0.690. The number of aromatic nitrogens is 1. The van der Waals surface area contributed by atoms with Gasteiger partial charge in [-0.25, -0.2) is 4.79 Å². The number of esters is 1. The normalized spacial score (nSPS) is 10.4. The summed E-state index contributed by atoms with van der Waals surface area (Å²) < 4.78 is 16.0. The van der Waals surface area contributed by atoms with Crippen molar-refractivity contribution in [1.82, 2.24) is 5.16 Å². The maximum absolute atomic E-state index is 12.2. The molecule has 0 radical (unpaired) electrons. The highest BCUT2D eigenvalue weighted by Crippen LogP contribution is 2.22. The second kappa shape index (κ2) is 7.46. The fourth-order valence-corrected chi connectivity index (χ4v) is 2.25. The van der Waals surface area contributed by atoms with Crippen LogP contribution < -0.4 is 4.74 Å². The van der Waals surface area contributed by atoms with Gasteiger partial charge in [-0.2, -0.15) is 0 Å². The van der Waals surface area contributed by atoms with Crippen LogP contribution in [0.25, 0.3) is 11.3 Å². The van der Waals surface area contributed by atoms with E-state index in [4.69, 9.17) is 14.0 Å². The Labute approximate surface area is 139 Å². The fourth-order valence-electron chi connectivity index (χ4n) is 2.25. The van der Waals surface area contributed by atoms with Crippen LogP contribution in [0.5, 0.6) is 5.75 Å². The zero-order valence-electron chi connectivity index (χ0n) is 13.3. The molecule has 0 saturated carbocycles. The van der Waals surface area contributed by atoms with Gasteiger partial charge in [0.2, 0.25) is 0 Å². The molecular formula is C19H17NO4. The number of carbonyl (C=O) groups excluding carboxylic acids is 1. The molecule has 0 saturated heterocycles. The number of carbonyl (C=O) groups is 1. The van der Waals surface area contributed by atoms with Gasteiger partial charge < -0.3 is 14.0 Å². The van der Waals surface area contributed by atoms with Crippen LogP contribution >= 0.6 is 0 Å². The quantitative estimate of drug-likeness (QED) is 0.639. The zero-order valence-corrected chi connectivity index (χ0v) is 13.3. The van der Waals surface area contributed by atoms with Crippen molar-refractivity contribution in [1.29, 1.82) is 0 Å². The number of para-hydroxylation sites is 1. The SMILES string of the molecule is CCOc1ccccc1C(=O)OCc1cc(-c2ccccc2)on1. The van der Waals surface area contributed by atoms with Gasteiger partial charge in [-0.05, 0) is 19.1 Å². The first-order valence-electron chi connectivity index (χ1n) is 7.68. The van der Waals surface area contributed by atoms with Crippen LogP contribution in [0.15, 0.2) is 65.2 Å². The average Bonchev–Trinajstić information content (AvgIpc) is 3.10. The molecule has 0 fully saturated rings. The molecule has 0 aliphatic heterocycles. The highest BCUT2D eigenvalue weighted by molar-refractivity contribution is 5.92. The molecule has 3 aromatic rings. The van der Waals surface area contributed by atoms with Gasteiger partial charge in [0, 0.05) is 11.6 Å². The molecule has 1 heterocycles. The van der Waals surface area contributed by atoms with E-state index in [1.807, 2.05) is 43.3 Å². The van der Waals surface area contributed by atoms with Crippen molar-refractivity contribution in [2.24, 2.45) is 0 Å². The van der Waals surface area contributed by atoms with E-state index in [-0.39, 0.29) is 6.61 Å². The molecule has 0 atom stereocenters. The van der Waals surface area contributed by atoms with Crippen LogP contribution in [0, 0.1) is 0 Å². The Morgan fingerprint density at radius 3 is 2.62 bits per heavy atom. The van der Waals surface area contributed by atoms with Crippen molar-refractivity contribution in [3.8, 4) is 17.1 Å². The van der Waals surface area contributed by atoms with E-state index in [9.17, 15) is 4.79 Å². The molecule has 1 aromatic heterocycles. The van der Waals surface area contributed by atoms with Gasteiger partial charge in [-0.3, -0.25) is 0 Å². The van der Waals surface area contributed by atoms with Crippen LogP contribution in [-0.4, -0.2) is 17.7 Å². The Bertz CT molecular complexity index is 811. The van der Waals surface area contributed by atoms with E-state index in [0.29, 0.717) is 29.4 Å². The highest BCUT2D eigenvalue weighted by atomic mass is 16.5. The number of nitrogens with zero attached hydrogens (tertiary/aromatic N) is 1. The standard InChI is InChI=1S/C19H17NO4/c1-2-22-17-11-7-6-10-16(17)19(21)23-13-15-12-18(24-20-15)14-8-4-3-5-9-14/h3-12H,2,13H2,1H3. The number of hydrogen-bond acceptors (Lipinski definition) is 5. The van der Waals surface area contributed by atoms with Crippen molar-refractivity contribution in [3.63, 3.8) is 0 Å². The third-order valence-electron chi connectivity index (χ3n) is 3.38. The lowest BCUT2D eigenvalue weighted by atomic mass is 10.2. The summed E-state index contributed by atoms with van der Waals surface area (Å²) in [7, 11) is 0. The van der Waals surface area contributed by atoms with E-state index in [2.05, 4.69) is 5.16 Å². The molecule has 122 valence electrons. The highest BCUT2D eigenvalue weighted by Gasteiger charge is 2.15. The minimum absolute atomic E-state index is 0.0373. The minimum Gasteiger partial charge on any atom is -0.493 e. The molecular weight excluding hydrogens is 306 g/mol.